The first-order valence-corrected chi connectivity index (χ1v) is 7.26. The second-order valence-corrected chi connectivity index (χ2v) is 5.34. The molecular weight excluding hydrogens is 256 g/mol. The molecular formula is C16H20O4. The number of carbonyl (C=O) groups is 1. The van der Waals surface area contributed by atoms with Crippen molar-refractivity contribution in [3.05, 3.63) is 23.3 Å². The molecule has 1 aromatic rings. The van der Waals surface area contributed by atoms with Crippen LogP contribution in [0.2, 0.25) is 0 Å². The van der Waals surface area contributed by atoms with Crippen LogP contribution in [0.25, 0.3) is 0 Å². The van der Waals surface area contributed by atoms with Gasteiger partial charge in [0.15, 0.2) is 0 Å². The van der Waals surface area contributed by atoms with Gasteiger partial charge in [0.25, 0.3) is 0 Å². The number of esters is 1. The van der Waals surface area contributed by atoms with Gasteiger partial charge >= 0.3 is 5.97 Å². The summed E-state index contributed by atoms with van der Waals surface area (Å²) in [7, 11) is 1.62. The molecule has 1 aromatic carbocycles. The van der Waals surface area contributed by atoms with Crippen molar-refractivity contribution in [2.45, 2.75) is 38.0 Å². The van der Waals surface area contributed by atoms with E-state index in [1.165, 1.54) is 24.8 Å². The third-order valence-corrected chi connectivity index (χ3v) is 4.27. The maximum absolute atomic E-state index is 12.1. The zero-order valence-corrected chi connectivity index (χ0v) is 12.0. The third kappa shape index (κ3) is 2.03. The van der Waals surface area contributed by atoms with Gasteiger partial charge in [0, 0.05) is 0 Å². The normalized spacial score (nSPS) is 20.8. The van der Waals surface area contributed by atoms with Crippen LogP contribution >= 0.6 is 0 Å². The molecule has 0 radical (unpaired) electrons. The van der Waals surface area contributed by atoms with Crippen LogP contribution in [0.5, 0.6) is 11.5 Å². The van der Waals surface area contributed by atoms with Gasteiger partial charge in [0.1, 0.15) is 24.0 Å². The molecule has 2 aliphatic rings. The van der Waals surface area contributed by atoms with Crippen molar-refractivity contribution < 1.29 is 19.0 Å². The molecule has 20 heavy (non-hydrogen) atoms. The van der Waals surface area contributed by atoms with Crippen molar-refractivity contribution in [3.63, 3.8) is 0 Å². The summed E-state index contributed by atoms with van der Waals surface area (Å²) in [5, 5.41) is 0. The molecule has 1 atom stereocenters. The van der Waals surface area contributed by atoms with E-state index in [2.05, 4.69) is 6.07 Å². The molecule has 1 fully saturated rings. The average molecular weight is 276 g/mol. The van der Waals surface area contributed by atoms with Gasteiger partial charge in [-0.15, -0.1) is 0 Å². The topological polar surface area (TPSA) is 44.8 Å². The Morgan fingerprint density at radius 3 is 2.80 bits per heavy atom. The Balaban J connectivity index is 2.00. The molecule has 108 valence electrons. The minimum absolute atomic E-state index is 0.227. The van der Waals surface area contributed by atoms with Crippen LogP contribution in [-0.2, 0) is 9.53 Å². The number of ether oxygens (including phenoxy) is 3. The Bertz CT molecular complexity index is 519. The summed E-state index contributed by atoms with van der Waals surface area (Å²) >= 11 is 0. The monoisotopic (exact) mass is 276 g/mol. The second kappa shape index (κ2) is 5.35. The van der Waals surface area contributed by atoms with Crippen LogP contribution in [-0.4, -0.2) is 26.3 Å². The fraction of sp³-hybridized carbons (Fsp3) is 0.562. The summed E-state index contributed by atoms with van der Waals surface area (Å²) in [6, 6.07) is 4.03. The highest BCUT2D eigenvalue weighted by atomic mass is 16.5. The molecule has 1 aliphatic heterocycles. The Kier molecular flexibility index (Phi) is 3.55. The summed E-state index contributed by atoms with van der Waals surface area (Å²) in [4.78, 5) is 12.1. The van der Waals surface area contributed by atoms with Crippen molar-refractivity contribution in [3.8, 4) is 11.5 Å². The maximum Gasteiger partial charge on any atom is 0.317 e. The first kappa shape index (κ1) is 13.3. The molecule has 1 aliphatic carbocycles. The van der Waals surface area contributed by atoms with Gasteiger partial charge < -0.3 is 14.2 Å². The second-order valence-electron chi connectivity index (χ2n) is 5.34. The smallest absolute Gasteiger partial charge is 0.317 e. The summed E-state index contributed by atoms with van der Waals surface area (Å²) in [5.74, 6) is 1.55. The highest BCUT2D eigenvalue weighted by Gasteiger charge is 2.38. The minimum atomic E-state index is -0.361. The van der Waals surface area contributed by atoms with Crippen LogP contribution in [0.3, 0.4) is 0 Å². The lowest BCUT2D eigenvalue weighted by atomic mass is 9.78. The average Bonchev–Trinajstić information content (AvgIpc) is 2.82. The van der Waals surface area contributed by atoms with E-state index in [1.807, 2.05) is 13.0 Å². The minimum Gasteiger partial charge on any atom is -0.496 e. The Hall–Kier alpha value is -1.71. The summed E-state index contributed by atoms with van der Waals surface area (Å²) in [6.45, 7) is 2.56. The van der Waals surface area contributed by atoms with E-state index in [4.69, 9.17) is 14.2 Å². The zero-order chi connectivity index (χ0) is 14.1. The molecule has 0 N–H and O–H groups in total. The molecule has 1 heterocycles. The van der Waals surface area contributed by atoms with Gasteiger partial charge in [-0.1, -0.05) is 12.5 Å². The van der Waals surface area contributed by atoms with Crippen LogP contribution in [0.4, 0.5) is 0 Å². The lowest BCUT2D eigenvalue weighted by molar-refractivity contribution is -0.145. The predicted molar refractivity (Wildman–Crippen MR) is 74.5 cm³/mol. The molecule has 1 unspecified atom stereocenters. The molecule has 0 amide bonds. The molecule has 3 rings (SSSR count). The Labute approximate surface area is 119 Å². The van der Waals surface area contributed by atoms with Gasteiger partial charge in [0.05, 0.1) is 19.3 Å². The number of hydrogen-bond acceptors (Lipinski definition) is 4. The molecule has 0 spiro atoms. The largest absolute Gasteiger partial charge is 0.496 e. The van der Waals surface area contributed by atoms with Gasteiger partial charge in [-0.25, -0.2) is 0 Å². The molecule has 4 nitrogen and oxygen atoms in total. The van der Waals surface area contributed by atoms with Gasteiger partial charge in [-0.3, -0.25) is 4.79 Å². The van der Waals surface area contributed by atoms with Crippen molar-refractivity contribution in [2.24, 2.45) is 0 Å². The Morgan fingerprint density at radius 2 is 2.20 bits per heavy atom. The van der Waals surface area contributed by atoms with E-state index in [0.717, 1.165) is 17.1 Å². The number of hydrogen-bond donors (Lipinski definition) is 0. The van der Waals surface area contributed by atoms with Gasteiger partial charge in [0.2, 0.25) is 0 Å². The Morgan fingerprint density at radius 1 is 1.40 bits per heavy atom. The number of fused-ring (bicyclic) bond motifs is 1. The van der Waals surface area contributed by atoms with Crippen LogP contribution in [0.15, 0.2) is 12.1 Å². The van der Waals surface area contributed by atoms with E-state index in [-0.39, 0.29) is 11.9 Å². The standard InChI is InChI=1S/C16H20O4/c1-3-19-16(17)12-9-20-15-11(10-5-4-6-10)7-8-13(18-2)14(12)15/h7-8,10,12H,3-6,9H2,1-2H3. The van der Waals surface area contributed by atoms with Gasteiger partial charge in [-0.2, -0.15) is 0 Å². The highest BCUT2D eigenvalue weighted by molar-refractivity contribution is 5.82. The SMILES string of the molecule is CCOC(=O)C1COc2c(C3CCC3)ccc(OC)c21. The molecule has 4 heteroatoms. The number of methoxy groups -OCH3 is 1. The fourth-order valence-corrected chi connectivity index (χ4v) is 2.99. The third-order valence-electron chi connectivity index (χ3n) is 4.27. The summed E-state index contributed by atoms with van der Waals surface area (Å²) in [6.07, 6.45) is 3.67. The number of rotatable bonds is 4. The van der Waals surface area contributed by atoms with E-state index in [1.54, 1.807) is 7.11 Å². The lowest BCUT2D eigenvalue weighted by Crippen LogP contribution is -2.17. The van der Waals surface area contributed by atoms with Crippen molar-refractivity contribution in [1.29, 1.82) is 0 Å². The number of carbonyl (C=O) groups excluding carboxylic acids is 1. The molecule has 0 bridgehead atoms. The van der Waals surface area contributed by atoms with Crippen molar-refractivity contribution in [1.82, 2.24) is 0 Å². The molecule has 0 saturated heterocycles. The lowest BCUT2D eigenvalue weighted by Gasteiger charge is -2.27. The van der Waals surface area contributed by atoms with E-state index in [0.29, 0.717) is 19.1 Å². The van der Waals surface area contributed by atoms with Crippen molar-refractivity contribution >= 4 is 5.97 Å². The summed E-state index contributed by atoms with van der Waals surface area (Å²) < 4.78 is 16.4. The van der Waals surface area contributed by atoms with Crippen LogP contribution in [0, 0.1) is 0 Å². The van der Waals surface area contributed by atoms with E-state index in [9.17, 15) is 4.79 Å². The van der Waals surface area contributed by atoms with E-state index >= 15 is 0 Å². The molecule has 0 aromatic heterocycles. The molecule has 1 saturated carbocycles. The quantitative estimate of drug-likeness (QED) is 0.793. The fourth-order valence-electron chi connectivity index (χ4n) is 2.99. The number of benzene rings is 1. The highest BCUT2D eigenvalue weighted by Crippen LogP contribution is 2.49. The maximum atomic E-state index is 12.1. The summed E-state index contributed by atoms with van der Waals surface area (Å²) in [5.41, 5.74) is 2.09. The predicted octanol–water partition coefficient (Wildman–Crippen LogP) is 3.00. The van der Waals surface area contributed by atoms with Gasteiger partial charge in [-0.05, 0) is 37.3 Å². The zero-order valence-electron chi connectivity index (χ0n) is 12.0. The first-order chi connectivity index (χ1) is 9.76. The van der Waals surface area contributed by atoms with Crippen LogP contribution < -0.4 is 9.47 Å². The first-order valence-electron chi connectivity index (χ1n) is 7.26. The van der Waals surface area contributed by atoms with E-state index < -0.39 is 0 Å². The van der Waals surface area contributed by atoms with Crippen molar-refractivity contribution in [2.75, 3.05) is 20.3 Å². The van der Waals surface area contributed by atoms with Crippen LogP contribution in [0.1, 0.15) is 49.1 Å².